The van der Waals surface area contributed by atoms with E-state index in [2.05, 4.69) is 4.98 Å². The van der Waals surface area contributed by atoms with Crippen molar-refractivity contribution in [2.45, 2.75) is 38.1 Å². The molecule has 0 amide bonds. The van der Waals surface area contributed by atoms with Crippen LogP contribution >= 0.6 is 11.3 Å². The molecule has 2 N–H and O–H groups in total. The average Bonchev–Trinajstić information content (AvgIpc) is 3.29. The third-order valence-electron chi connectivity index (χ3n) is 4.16. The maximum absolute atomic E-state index is 11.9. The van der Waals surface area contributed by atoms with Gasteiger partial charge in [-0.05, 0) is 12.5 Å². The molecule has 1 aliphatic rings. The van der Waals surface area contributed by atoms with E-state index in [1.165, 1.54) is 11.3 Å². The number of rotatable bonds is 7. The van der Waals surface area contributed by atoms with E-state index in [4.69, 9.17) is 9.57 Å². The molecule has 1 aliphatic heterocycles. The number of thiazole rings is 1. The maximum Gasteiger partial charge on any atom is 0.357 e. The van der Waals surface area contributed by atoms with Crippen molar-refractivity contribution in [3.63, 3.8) is 0 Å². The molecule has 7 nitrogen and oxygen atoms in total. The van der Waals surface area contributed by atoms with Gasteiger partial charge in [0.05, 0.1) is 19.3 Å². The monoisotopic (exact) mass is 378 g/mol. The molecule has 3 rings (SSSR count). The van der Waals surface area contributed by atoms with Crippen LogP contribution in [0.15, 0.2) is 35.7 Å². The molecule has 3 atom stereocenters. The standard InChI is InChI=1S/C18H22N2O5S/c1-2-24-18(23)13-11-26-17(19-13)14-8-16(15(22)10-21)25-20(14)9-12-6-4-3-5-7-12/h3-7,11,14-16,21-22H,2,8-10H2,1H3/t14-,15-,16-/m1/s1. The number of hydrogen-bond acceptors (Lipinski definition) is 8. The third-order valence-corrected chi connectivity index (χ3v) is 5.11. The smallest absolute Gasteiger partial charge is 0.357 e. The first-order valence-electron chi connectivity index (χ1n) is 8.51. The van der Waals surface area contributed by atoms with Gasteiger partial charge in [-0.1, -0.05) is 30.3 Å². The van der Waals surface area contributed by atoms with Crippen molar-refractivity contribution in [2.75, 3.05) is 13.2 Å². The molecule has 1 saturated heterocycles. The van der Waals surface area contributed by atoms with Gasteiger partial charge in [0.25, 0.3) is 0 Å². The molecule has 0 bridgehead atoms. The van der Waals surface area contributed by atoms with Crippen molar-refractivity contribution in [1.29, 1.82) is 0 Å². The number of carbonyl (C=O) groups excluding carboxylic acids is 1. The second-order valence-corrected chi connectivity index (χ2v) is 6.89. The van der Waals surface area contributed by atoms with Crippen LogP contribution in [0, 0.1) is 0 Å². The molecule has 0 unspecified atom stereocenters. The maximum atomic E-state index is 11.9. The van der Waals surface area contributed by atoms with Crippen molar-refractivity contribution in [3.8, 4) is 0 Å². The zero-order valence-corrected chi connectivity index (χ0v) is 15.3. The molecule has 0 spiro atoms. The van der Waals surface area contributed by atoms with Gasteiger partial charge in [0.2, 0.25) is 0 Å². The summed E-state index contributed by atoms with van der Waals surface area (Å²) < 4.78 is 4.99. The van der Waals surface area contributed by atoms with Crippen LogP contribution in [0.5, 0.6) is 0 Å². The molecule has 1 aromatic heterocycles. The summed E-state index contributed by atoms with van der Waals surface area (Å²) in [4.78, 5) is 22.1. The fourth-order valence-electron chi connectivity index (χ4n) is 2.85. The molecule has 26 heavy (non-hydrogen) atoms. The number of ether oxygens (including phenoxy) is 1. The summed E-state index contributed by atoms with van der Waals surface area (Å²) in [7, 11) is 0. The van der Waals surface area contributed by atoms with Gasteiger partial charge in [-0.2, -0.15) is 5.06 Å². The van der Waals surface area contributed by atoms with Crippen LogP contribution in [0.2, 0.25) is 0 Å². The summed E-state index contributed by atoms with van der Waals surface area (Å²) in [5.41, 5.74) is 1.33. The van der Waals surface area contributed by atoms with E-state index in [1.54, 1.807) is 17.4 Å². The van der Waals surface area contributed by atoms with Crippen LogP contribution in [-0.2, 0) is 16.1 Å². The molecular formula is C18H22N2O5S. The van der Waals surface area contributed by atoms with E-state index in [-0.39, 0.29) is 18.3 Å². The predicted octanol–water partition coefficient (Wildman–Crippen LogP) is 1.92. The highest BCUT2D eigenvalue weighted by molar-refractivity contribution is 7.09. The van der Waals surface area contributed by atoms with E-state index in [0.29, 0.717) is 19.6 Å². The van der Waals surface area contributed by atoms with Crippen molar-refractivity contribution in [2.24, 2.45) is 0 Å². The van der Waals surface area contributed by atoms with Crippen molar-refractivity contribution < 1.29 is 24.6 Å². The number of hydroxylamine groups is 2. The predicted molar refractivity (Wildman–Crippen MR) is 95.4 cm³/mol. The van der Waals surface area contributed by atoms with Gasteiger partial charge in [0, 0.05) is 18.3 Å². The SMILES string of the molecule is CCOC(=O)c1csc([C@H]2C[C@H]([C@H](O)CO)ON2Cc2ccccc2)n1. The minimum Gasteiger partial charge on any atom is -0.461 e. The van der Waals surface area contributed by atoms with E-state index in [9.17, 15) is 15.0 Å². The number of benzene rings is 1. The Balaban J connectivity index is 1.80. The normalized spacial score (nSPS) is 21.7. The largest absolute Gasteiger partial charge is 0.461 e. The Morgan fingerprint density at radius 1 is 1.46 bits per heavy atom. The van der Waals surface area contributed by atoms with Crippen LogP contribution in [0.25, 0.3) is 0 Å². The molecule has 2 aromatic rings. The van der Waals surface area contributed by atoms with Gasteiger partial charge < -0.3 is 14.9 Å². The Hall–Kier alpha value is -1.84. The molecule has 0 saturated carbocycles. The van der Waals surface area contributed by atoms with Gasteiger partial charge >= 0.3 is 5.97 Å². The van der Waals surface area contributed by atoms with Gasteiger partial charge in [0.1, 0.15) is 17.2 Å². The van der Waals surface area contributed by atoms with Gasteiger partial charge in [-0.25, -0.2) is 9.78 Å². The van der Waals surface area contributed by atoms with Crippen molar-refractivity contribution >= 4 is 17.3 Å². The molecule has 1 aromatic carbocycles. The summed E-state index contributed by atoms with van der Waals surface area (Å²) in [6, 6.07) is 9.60. The lowest BCUT2D eigenvalue weighted by Crippen LogP contribution is -2.30. The number of esters is 1. The quantitative estimate of drug-likeness (QED) is 0.711. The topological polar surface area (TPSA) is 92.1 Å². The zero-order valence-electron chi connectivity index (χ0n) is 14.4. The highest BCUT2D eigenvalue weighted by Gasteiger charge is 2.39. The first-order chi connectivity index (χ1) is 12.6. The van der Waals surface area contributed by atoms with E-state index in [1.807, 2.05) is 30.3 Å². The molecule has 1 fully saturated rings. The summed E-state index contributed by atoms with van der Waals surface area (Å²) in [6.07, 6.45) is -1.02. The van der Waals surface area contributed by atoms with Crippen LogP contribution < -0.4 is 0 Å². The molecule has 140 valence electrons. The lowest BCUT2D eigenvalue weighted by molar-refractivity contribution is -0.195. The van der Waals surface area contributed by atoms with E-state index < -0.39 is 18.2 Å². The molecule has 0 radical (unpaired) electrons. The Kier molecular flexibility index (Phi) is 6.33. The minimum atomic E-state index is -0.970. The fourth-order valence-corrected chi connectivity index (χ4v) is 3.75. The molecule has 8 heteroatoms. The van der Waals surface area contributed by atoms with E-state index >= 15 is 0 Å². The Morgan fingerprint density at radius 3 is 2.92 bits per heavy atom. The second kappa shape index (κ2) is 8.70. The number of carbonyl (C=O) groups is 1. The summed E-state index contributed by atoms with van der Waals surface area (Å²) in [6.45, 7) is 2.18. The van der Waals surface area contributed by atoms with Gasteiger partial charge in [0.15, 0.2) is 5.69 Å². The first kappa shape index (κ1) is 18.9. The Bertz CT molecular complexity index is 723. The van der Waals surface area contributed by atoms with Crippen LogP contribution in [-0.4, -0.2) is 51.7 Å². The number of aromatic nitrogens is 1. The molecular weight excluding hydrogens is 356 g/mol. The third kappa shape index (κ3) is 4.28. The Morgan fingerprint density at radius 2 is 2.23 bits per heavy atom. The number of aliphatic hydroxyl groups excluding tert-OH is 2. The minimum absolute atomic E-state index is 0.213. The highest BCUT2D eigenvalue weighted by Crippen LogP contribution is 2.38. The number of hydrogen-bond donors (Lipinski definition) is 2. The second-order valence-electron chi connectivity index (χ2n) is 6.00. The highest BCUT2D eigenvalue weighted by atomic mass is 32.1. The Labute approximate surface area is 155 Å². The van der Waals surface area contributed by atoms with Crippen LogP contribution in [0.1, 0.15) is 40.4 Å². The van der Waals surface area contributed by atoms with E-state index in [0.717, 1.165) is 10.6 Å². The summed E-state index contributed by atoms with van der Waals surface area (Å²) in [5.74, 6) is -0.449. The fraction of sp³-hybridized carbons (Fsp3) is 0.444. The first-order valence-corrected chi connectivity index (χ1v) is 9.39. The van der Waals surface area contributed by atoms with Gasteiger partial charge in [-0.15, -0.1) is 11.3 Å². The summed E-state index contributed by atoms with van der Waals surface area (Å²) in [5, 5.41) is 23.4. The number of aliphatic hydroxyl groups is 2. The lowest BCUT2D eigenvalue weighted by atomic mass is 10.1. The lowest BCUT2D eigenvalue weighted by Gasteiger charge is -2.22. The van der Waals surface area contributed by atoms with Crippen molar-refractivity contribution in [3.05, 3.63) is 52.0 Å². The van der Waals surface area contributed by atoms with Crippen LogP contribution in [0.3, 0.4) is 0 Å². The average molecular weight is 378 g/mol. The van der Waals surface area contributed by atoms with Crippen LogP contribution in [0.4, 0.5) is 0 Å². The summed E-state index contributed by atoms with van der Waals surface area (Å²) >= 11 is 1.36. The molecule has 2 heterocycles. The van der Waals surface area contributed by atoms with Gasteiger partial charge in [-0.3, -0.25) is 4.84 Å². The molecule has 0 aliphatic carbocycles. The zero-order chi connectivity index (χ0) is 18.5. The van der Waals surface area contributed by atoms with Crippen molar-refractivity contribution in [1.82, 2.24) is 10.0 Å². The number of nitrogens with zero attached hydrogens (tertiary/aromatic N) is 2.